The molecule has 3 rings (SSSR count). The van der Waals surface area contributed by atoms with Gasteiger partial charge < -0.3 is 15.2 Å². The van der Waals surface area contributed by atoms with Gasteiger partial charge in [0.15, 0.2) is 0 Å². The summed E-state index contributed by atoms with van der Waals surface area (Å²) in [5, 5.41) is 9.80. The second-order valence-electron chi connectivity index (χ2n) is 6.70. The van der Waals surface area contributed by atoms with E-state index >= 15 is 0 Å². The van der Waals surface area contributed by atoms with Gasteiger partial charge in [-0.15, -0.1) is 0 Å². The average Bonchev–Trinajstić information content (AvgIpc) is 2.75. The first-order chi connectivity index (χ1) is 14.3. The zero-order chi connectivity index (χ0) is 22.3. The molecule has 1 saturated heterocycles. The molecule has 0 saturated carbocycles. The van der Waals surface area contributed by atoms with Crippen molar-refractivity contribution in [3.8, 4) is 5.75 Å². The van der Waals surface area contributed by atoms with Crippen LogP contribution in [0.5, 0.6) is 5.75 Å². The molecule has 1 aliphatic heterocycles. The smallest absolute Gasteiger partial charge is 0.255 e. The van der Waals surface area contributed by atoms with E-state index in [1.807, 2.05) is 13.8 Å². The number of ether oxygens (including phenoxy) is 1. The van der Waals surface area contributed by atoms with Gasteiger partial charge in [-0.3, -0.25) is 4.79 Å². The Bertz CT molecular complexity index is 962. The molecule has 0 bridgehead atoms. The summed E-state index contributed by atoms with van der Waals surface area (Å²) in [4.78, 5) is 12.7. The van der Waals surface area contributed by atoms with Crippen molar-refractivity contribution in [2.75, 3.05) is 37.6 Å². The fourth-order valence-corrected chi connectivity index (χ4v) is 5.99. The Hall–Kier alpha value is -2.07. The summed E-state index contributed by atoms with van der Waals surface area (Å²) < 4.78 is 32.5. The number of anilines is 1. The van der Waals surface area contributed by atoms with Gasteiger partial charge in [0, 0.05) is 42.5 Å². The molecule has 7 nitrogen and oxygen atoms in total. The predicted molar refractivity (Wildman–Crippen MR) is 121 cm³/mol. The van der Waals surface area contributed by atoms with Crippen molar-refractivity contribution >= 4 is 33.4 Å². The van der Waals surface area contributed by atoms with Crippen LogP contribution in [0.25, 0.3) is 0 Å². The highest BCUT2D eigenvalue weighted by Crippen LogP contribution is 2.25. The van der Waals surface area contributed by atoms with E-state index in [1.54, 1.807) is 65.6 Å². The van der Waals surface area contributed by atoms with Crippen LogP contribution in [0.1, 0.15) is 22.8 Å². The van der Waals surface area contributed by atoms with Crippen LogP contribution in [0, 0.1) is 6.92 Å². The lowest BCUT2D eigenvalue weighted by atomic mass is 10.1. The summed E-state index contributed by atoms with van der Waals surface area (Å²) in [6.07, 6.45) is 0. The molecule has 0 unspecified atom stereocenters. The van der Waals surface area contributed by atoms with E-state index in [9.17, 15) is 13.2 Å². The first-order valence-corrected chi connectivity index (χ1v) is 12.0. The van der Waals surface area contributed by atoms with E-state index in [2.05, 4.69) is 5.32 Å². The van der Waals surface area contributed by atoms with Crippen molar-refractivity contribution in [1.29, 1.82) is 0 Å². The van der Waals surface area contributed by atoms with Crippen molar-refractivity contribution < 1.29 is 23.1 Å². The van der Waals surface area contributed by atoms with Gasteiger partial charge in [-0.2, -0.15) is 16.1 Å². The average molecular weight is 453 g/mol. The Balaban J connectivity index is 0.00000155. The summed E-state index contributed by atoms with van der Waals surface area (Å²) >= 11 is 1.77. The van der Waals surface area contributed by atoms with Crippen LogP contribution in [0.2, 0.25) is 0 Å². The number of amides is 1. The molecule has 0 aliphatic carbocycles. The van der Waals surface area contributed by atoms with Crippen LogP contribution in [-0.4, -0.2) is 62.0 Å². The van der Waals surface area contributed by atoms with Crippen LogP contribution < -0.4 is 10.1 Å². The molecule has 2 N–H and O–H groups in total. The van der Waals surface area contributed by atoms with Crippen LogP contribution in [-0.2, 0) is 10.0 Å². The van der Waals surface area contributed by atoms with E-state index in [-0.39, 0.29) is 16.8 Å². The molecule has 9 heteroatoms. The maximum Gasteiger partial charge on any atom is 0.255 e. The number of rotatable bonds is 5. The third kappa shape index (κ3) is 5.54. The van der Waals surface area contributed by atoms with Crippen molar-refractivity contribution in [1.82, 2.24) is 4.31 Å². The number of sulfonamides is 1. The molecule has 1 atom stereocenters. The van der Waals surface area contributed by atoms with E-state index in [0.29, 0.717) is 17.8 Å². The molecule has 1 heterocycles. The minimum Gasteiger partial charge on any atom is -0.496 e. The molecule has 0 aromatic heterocycles. The topological polar surface area (TPSA) is 95.9 Å². The standard InChI is InChI=1S/C20H24N2O4S2.CH4O/c1-14-12-16(4-9-19(14)26-3)20(23)21-17-5-7-18(8-6-17)28(24,25)22-10-11-27-13-15(22)2;1-2/h4-9,12,15H,10-11,13H2,1-3H3,(H,21,23);2H,1H3/t15-;/m1./s1. The number of carbonyl (C=O) groups is 1. The Morgan fingerprint density at radius 3 is 2.43 bits per heavy atom. The molecule has 164 valence electrons. The minimum absolute atomic E-state index is 0.0264. The predicted octanol–water partition coefficient (Wildman–Crippen LogP) is 2.99. The van der Waals surface area contributed by atoms with Gasteiger partial charge in [0.05, 0.1) is 12.0 Å². The number of carbonyl (C=O) groups excluding carboxylic acids is 1. The van der Waals surface area contributed by atoms with Crippen LogP contribution in [0.4, 0.5) is 5.69 Å². The summed E-state index contributed by atoms with van der Waals surface area (Å²) in [6.45, 7) is 4.31. The third-order valence-corrected chi connectivity index (χ3v) is 7.90. The monoisotopic (exact) mass is 452 g/mol. The van der Waals surface area contributed by atoms with E-state index in [4.69, 9.17) is 9.84 Å². The van der Waals surface area contributed by atoms with Gasteiger partial charge in [-0.25, -0.2) is 8.42 Å². The quantitative estimate of drug-likeness (QED) is 0.724. The molecule has 1 fully saturated rings. The highest BCUT2D eigenvalue weighted by Gasteiger charge is 2.31. The number of aliphatic hydroxyl groups excluding tert-OH is 1. The zero-order valence-electron chi connectivity index (χ0n) is 17.6. The van der Waals surface area contributed by atoms with Gasteiger partial charge in [-0.1, -0.05) is 0 Å². The second kappa shape index (κ2) is 10.8. The summed E-state index contributed by atoms with van der Waals surface area (Å²) in [5.41, 5.74) is 1.92. The number of hydrogen-bond acceptors (Lipinski definition) is 6. The zero-order valence-corrected chi connectivity index (χ0v) is 19.2. The number of hydrogen-bond donors (Lipinski definition) is 2. The lowest BCUT2D eigenvalue weighted by Crippen LogP contribution is -2.44. The molecule has 2 aromatic rings. The van der Waals surface area contributed by atoms with Gasteiger partial charge in [0.25, 0.3) is 5.91 Å². The number of methoxy groups -OCH3 is 1. The first kappa shape index (κ1) is 24.2. The minimum atomic E-state index is -3.53. The normalized spacial score (nSPS) is 16.9. The molecular formula is C21H28N2O5S2. The Labute approximate surface area is 182 Å². The van der Waals surface area contributed by atoms with E-state index < -0.39 is 10.0 Å². The maximum atomic E-state index is 12.9. The lowest BCUT2D eigenvalue weighted by Gasteiger charge is -2.31. The van der Waals surface area contributed by atoms with E-state index in [1.165, 1.54) is 0 Å². The van der Waals surface area contributed by atoms with Gasteiger partial charge in [0.2, 0.25) is 10.0 Å². The molecule has 2 aromatic carbocycles. The van der Waals surface area contributed by atoms with Crippen LogP contribution in [0.3, 0.4) is 0 Å². The van der Waals surface area contributed by atoms with Crippen molar-refractivity contribution in [3.05, 3.63) is 53.6 Å². The molecule has 1 aliphatic rings. The van der Waals surface area contributed by atoms with Crippen molar-refractivity contribution in [3.63, 3.8) is 0 Å². The Kier molecular flexibility index (Phi) is 8.72. The van der Waals surface area contributed by atoms with Gasteiger partial charge in [-0.05, 0) is 61.9 Å². The maximum absolute atomic E-state index is 12.9. The van der Waals surface area contributed by atoms with Crippen LogP contribution >= 0.6 is 11.8 Å². The van der Waals surface area contributed by atoms with Gasteiger partial charge in [0.1, 0.15) is 5.75 Å². The fourth-order valence-electron chi connectivity index (χ4n) is 3.14. The Morgan fingerprint density at radius 1 is 1.20 bits per heavy atom. The number of thioether (sulfide) groups is 1. The highest BCUT2D eigenvalue weighted by molar-refractivity contribution is 7.99. The molecular weight excluding hydrogens is 424 g/mol. The summed E-state index contributed by atoms with van der Waals surface area (Å²) in [5.74, 6) is 2.06. The molecule has 0 spiro atoms. The number of nitrogens with zero attached hydrogens (tertiary/aromatic N) is 1. The second-order valence-corrected chi connectivity index (χ2v) is 9.74. The van der Waals surface area contributed by atoms with E-state index in [0.717, 1.165) is 29.9 Å². The summed E-state index contributed by atoms with van der Waals surface area (Å²) in [6, 6.07) is 11.5. The molecule has 30 heavy (non-hydrogen) atoms. The number of nitrogens with one attached hydrogen (secondary N) is 1. The number of aliphatic hydroxyl groups is 1. The third-order valence-electron chi connectivity index (χ3n) is 4.68. The largest absolute Gasteiger partial charge is 0.496 e. The highest BCUT2D eigenvalue weighted by atomic mass is 32.2. The van der Waals surface area contributed by atoms with Crippen LogP contribution in [0.15, 0.2) is 47.4 Å². The first-order valence-electron chi connectivity index (χ1n) is 9.43. The van der Waals surface area contributed by atoms with Gasteiger partial charge >= 0.3 is 0 Å². The number of benzene rings is 2. The molecule has 1 amide bonds. The number of aryl methyl sites for hydroxylation is 1. The van der Waals surface area contributed by atoms with Crippen molar-refractivity contribution in [2.45, 2.75) is 24.8 Å². The van der Waals surface area contributed by atoms with Crippen molar-refractivity contribution in [2.24, 2.45) is 0 Å². The SMILES string of the molecule is CO.COc1ccc(C(=O)Nc2ccc(S(=O)(=O)N3CCSC[C@H]3C)cc2)cc1C. The lowest BCUT2D eigenvalue weighted by molar-refractivity contribution is 0.102. The summed E-state index contributed by atoms with van der Waals surface area (Å²) in [7, 11) is -0.944. The molecule has 0 radical (unpaired) electrons. The Morgan fingerprint density at radius 2 is 1.87 bits per heavy atom. The fraction of sp³-hybridized carbons (Fsp3) is 0.381.